The summed E-state index contributed by atoms with van der Waals surface area (Å²) in [7, 11) is -1.61. The van der Waals surface area contributed by atoms with Crippen LogP contribution in [0.5, 0.6) is 0 Å². The average molecular weight is 393 g/mol. The van der Waals surface area contributed by atoms with E-state index in [9.17, 15) is 13.2 Å². The van der Waals surface area contributed by atoms with Crippen molar-refractivity contribution in [3.63, 3.8) is 0 Å². The largest absolute Gasteiger partial charge is 0.337 e. The molecule has 0 spiro atoms. The topological polar surface area (TPSA) is 57.7 Å². The minimum atomic E-state index is -3.34. The monoisotopic (exact) mass is 392 g/mol. The lowest BCUT2D eigenvalue weighted by molar-refractivity contribution is 0.0785. The highest BCUT2D eigenvalue weighted by atomic mass is 35.5. The van der Waals surface area contributed by atoms with Crippen LogP contribution in [0, 0.1) is 0 Å². The van der Waals surface area contributed by atoms with E-state index in [0.717, 1.165) is 11.1 Å². The van der Waals surface area contributed by atoms with Crippen LogP contribution in [0.2, 0.25) is 5.02 Å². The van der Waals surface area contributed by atoms with Crippen molar-refractivity contribution >= 4 is 33.2 Å². The molecular weight excluding hydrogens is 372 g/mol. The van der Waals surface area contributed by atoms with Crippen LogP contribution in [0.1, 0.15) is 28.4 Å². The van der Waals surface area contributed by atoms with Crippen LogP contribution in [-0.2, 0) is 23.0 Å². The molecule has 26 heavy (non-hydrogen) atoms. The summed E-state index contributed by atoms with van der Waals surface area (Å²) in [4.78, 5) is 14.4. The van der Waals surface area contributed by atoms with E-state index in [2.05, 4.69) is 0 Å². The number of carbonyl (C=O) groups is 1. The molecule has 0 fully saturated rings. The van der Waals surface area contributed by atoms with Crippen LogP contribution < -0.4 is 4.31 Å². The van der Waals surface area contributed by atoms with Gasteiger partial charge < -0.3 is 4.90 Å². The van der Waals surface area contributed by atoms with E-state index in [1.165, 1.54) is 10.6 Å². The smallest absolute Gasteiger partial charge is 0.253 e. The molecule has 7 heteroatoms. The first kappa shape index (κ1) is 18.7. The van der Waals surface area contributed by atoms with Gasteiger partial charge in [-0.3, -0.25) is 9.10 Å². The lowest BCUT2D eigenvalue weighted by Gasteiger charge is -2.22. The first-order valence-electron chi connectivity index (χ1n) is 8.29. The van der Waals surface area contributed by atoms with Crippen LogP contribution in [-0.4, -0.2) is 38.6 Å². The molecule has 1 unspecified atom stereocenters. The highest BCUT2D eigenvalue weighted by Crippen LogP contribution is 2.35. The minimum absolute atomic E-state index is 0.127. The van der Waals surface area contributed by atoms with Crippen molar-refractivity contribution in [3.8, 4) is 0 Å². The average Bonchev–Trinajstić information content (AvgIpc) is 2.91. The molecule has 3 rings (SSSR count). The Bertz CT molecular complexity index is 959. The standard InChI is InChI=1S/C19H21ClN2O3S/c1-13-10-16-11-14(8-9-18(16)22(13)26(3,24)25)19(23)21(2)12-15-6-4-5-7-17(15)20/h4-9,11,13H,10,12H2,1-3H3. The summed E-state index contributed by atoms with van der Waals surface area (Å²) >= 11 is 6.17. The van der Waals surface area contributed by atoms with Crippen molar-refractivity contribution in [2.75, 3.05) is 17.6 Å². The number of benzene rings is 2. The van der Waals surface area contributed by atoms with Crippen molar-refractivity contribution < 1.29 is 13.2 Å². The Labute approximate surface area is 159 Å². The summed E-state index contributed by atoms with van der Waals surface area (Å²) in [5, 5.41) is 0.624. The number of sulfonamides is 1. The van der Waals surface area contributed by atoms with Gasteiger partial charge in [-0.25, -0.2) is 8.42 Å². The molecule has 0 aromatic heterocycles. The SMILES string of the molecule is CC1Cc2cc(C(=O)N(C)Cc3ccccc3Cl)ccc2N1S(C)(=O)=O. The quantitative estimate of drug-likeness (QED) is 0.801. The molecule has 1 atom stereocenters. The first-order chi connectivity index (χ1) is 12.2. The van der Waals surface area contributed by atoms with Crippen molar-refractivity contribution in [2.45, 2.75) is 25.9 Å². The van der Waals surface area contributed by atoms with Crippen LogP contribution in [0.15, 0.2) is 42.5 Å². The van der Waals surface area contributed by atoms with E-state index < -0.39 is 10.0 Å². The Balaban J connectivity index is 1.84. The fraction of sp³-hybridized carbons (Fsp3) is 0.316. The van der Waals surface area contributed by atoms with Gasteiger partial charge in [0.25, 0.3) is 5.91 Å². The molecule has 0 saturated heterocycles. The van der Waals surface area contributed by atoms with E-state index in [4.69, 9.17) is 11.6 Å². The molecule has 138 valence electrons. The Morgan fingerprint density at radius 2 is 1.96 bits per heavy atom. The van der Waals surface area contributed by atoms with Gasteiger partial charge in [0.15, 0.2) is 0 Å². The highest BCUT2D eigenvalue weighted by Gasteiger charge is 2.33. The van der Waals surface area contributed by atoms with E-state index in [1.807, 2.05) is 25.1 Å². The predicted molar refractivity (Wildman–Crippen MR) is 104 cm³/mol. The molecule has 0 radical (unpaired) electrons. The maximum atomic E-state index is 12.8. The Morgan fingerprint density at radius 3 is 2.62 bits per heavy atom. The van der Waals surface area contributed by atoms with Gasteiger partial charge >= 0.3 is 0 Å². The Hall–Kier alpha value is -2.05. The first-order valence-corrected chi connectivity index (χ1v) is 10.5. The molecule has 1 heterocycles. The zero-order chi connectivity index (χ0) is 19.1. The second kappa shape index (κ2) is 6.93. The third-order valence-corrected chi connectivity index (χ3v) is 6.19. The summed E-state index contributed by atoms with van der Waals surface area (Å²) in [6, 6.07) is 12.5. The second-order valence-electron chi connectivity index (χ2n) is 6.71. The lowest BCUT2D eigenvalue weighted by atomic mass is 10.1. The third-order valence-electron chi connectivity index (χ3n) is 4.55. The van der Waals surface area contributed by atoms with Crippen molar-refractivity contribution in [1.82, 2.24) is 4.90 Å². The number of hydrogen-bond donors (Lipinski definition) is 0. The van der Waals surface area contributed by atoms with Gasteiger partial charge in [-0.15, -0.1) is 0 Å². The van der Waals surface area contributed by atoms with E-state index in [0.29, 0.717) is 29.2 Å². The van der Waals surface area contributed by atoms with E-state index in [-0.39, 0.29) is 11.9 Å². The number of anilines is 1. The summed E-state index contributed by atoms with van der Waals surface area (Å²) in [6.07, 6.45) is 1.80. The molecule has 2 aromatic carbocycles. The number of fused-ring (bicyclic) bond motifs is 1. The van der Waals surface area contributed by atoms with Gasteiger partial charge in [-0.1, -0.05) is 29.8 Å². The van der Waals surface area contributed by atoms with Crippen LogP contribution in [0.4, 0.5) is 5.69 Å². The lowest BCUT2D eigenvalue weighted by Crippen LogP contribution is -2.34. The molecule has 1 aliphatic rings. The number of carbonyl (C=O) groups excluding carboxylic acids is 1. The van der Waals surface area contributed by atoms with Crippen LogP contribution in [0.3, 0.4) is 0 Å². The number of rotatable bonds is 4. The van der Waals surface area contributed by atoms with Crippen LogP contribution >= 0.6 is 11.6 Å². The maximum absolute atomic E-state index is 12.8. The molecular formula is C19H21ClN2O3S. The molecule has 0 aliphatic carbocycles. The van der Waals surface area contributed by atoms with Gasteiger partial charge in [0.2, 0.25) is 10.0 Å². The zero-order valence-electron chi connectivity index (χ0n) is 14.9. The normalized spacial score (nSPS) is 16.5. The molecule has 0 saturated carbocycles. The van der Waals surface area contributed by atoms with Crippen molar-refractivity contribution in [1.29, 1.82) is 0 Å². The molecule has 0 N–H and O–H groups in total. The second-order valence-corrected chi connectivity index (χ2v) is 8.97. The summed E-state index contributed by atoms with van der Waals surface area (Å²) in [5.74, 6) is -0.127. The number of halogens is 1. The van der Waals surface area contributed by atoms with Gasteiger partial charge in [0, 0.05) is 30.2 Å². The van der Waals surface area contributed by atoms with Gasteiger partial charge in [0.1, 0.15) is 0 Å². The molecule has 0 bridgehead atoms. The Kier molecular flexibility index (Phi) is 4.99. The highest BCUT2D eigenvalue weighted by molar-refractivity contribution is 7.92. The molecule has 1 amide bonds. The number of nitrogens with zero attached hydrogens (tertiary/aromatic N) is 2. The predicted octanol–water partition coefficient (Wildman–Crippen LogP) is 3.32. The van der Waals surface area contributed by atoms with Crippen molar-refractivity contribution in [2.24, 2.45) is 0 Å². The van der Waals surface area contributed by atoms with Crippen LogP contribution in [0.25, 0.3) is 0 Å². The maximum Gasteiger partial charge on any atom is 0.253 e. The number of amides is 1. The van der Waals surface area contributed by atoms with Crippen molar-refractivity contribution in [3.05, 3.63) is 64.2 Å². The van der Waals surface area contributed by atoms with E-state index >= 15 is 0 Å². The fourth-order valence-electron chi connectivity index (χ4n) is 3.42. The Morgan fingerprint density at radius 1 is 1.27 bits per heavy atom. The zero-order valence-corrected chi connectivity index (χ0v) is 16.5. The summed E-state index contributed by atoms with van der Waals surface area (Å²) in [6.45, 7) is 2.27. The summed E-state index contributed by atoms with van der Waals surface area (Å²) < 4.78 is 25.4. The van der Waals surface area contributed by atoms with Gasteiger partial charge in [-0.05, 0) is 48.7 Å². The number of hydrogen-bond acceptors (Lipinski definition) is 3. The minimum Gasteiger partial charge on any atom is -0.337 e. The molecule has 1 aliphatic heterocycles. The summed E-state index contributed by atoms with van der Waals surface area (Å²) in [5.41, 5.74) is 2.95. The molecule has 2 aromatic rings. The van der Waals surface area contributed by atoms with Gasteiger partial charge in [0.05, 0.1) is 11.9 Å². The van der Waals surface area contributed by atoms with Gasteiger partial charge in [-0.2, -0.15) is 0 Å². The third kappa shape index (κ3) is 3.57. The van der Waals surface area contributed by atoms with E-state index in [1.54, 1.807) is 36.2 Å². The fourth-order valence-corrected chi connectivity index (χ4v) is 4.87. The molecule has 5 nitrogen and oxygen atoms in total.